The fourth-order valence-corrected chi connectivity index (χ4v) is 9.12. The molecule has 6 amide bonds. The van der Waals surface area contributed by atoms with E-state index in [-0.39, 0.29) is 108 Å². The van der Waals surface area contributed by atoms with E-state index in [1.54, 1.807) is 11.0 Å². The maximum atomic E-state index is 15.0. The van der Waals surface area contributed by atoms with Gasteiger partial charge in [-0.2, -0.15) is 0 Å². The summed E-state index contributed by atoms with van der Waals surface area (Å²) in [5.41, 5.74) is 39.9. The number of hydrogen-bond donors (Lipinski definition) is 13. The van der Waals surface area contributed by atoms with Crippen LogP contribution >= 0.6 is 0 Å². The molecule has 25 nitrogen and oxygen atoms in total. The van der Waals surface area contributed by atoms with Crippen molar-refractivity contribution in [3.8, 4) is 0 Å². The standard InChI is InChI=1S/C44H72N16O9/c45-28(12-5-18-53-42(46)47)36(63)57-29(13-6-19-54-43(48)49)37(64)52-17-8-16-35(62)56-31(24-61)39(66)59-23-27-11-2-1-9-25(27)21-34(59)40(67)60-32-15-4-3-10-26(32)22-33(60)38(65)58-30(41(68)69)14-7-20-55-44(50)51/h1-2,9,11,26,28-34,61H,3-8,10,12-24,45H2,(H,52,64)(H,56,62)(H,57,63)(H,58,65)(H,68,69)(H4,46,47,53)(H4,48,49,54)(H4,50,51,55)/t26-,28+,29-,30-,31-,32-,33-,34+/m0/s1. The Morgan fingerprint density at radius 3 is 1.91 bits per heavy atom. The van der Waals surface area contributed by atoms with Crippen molar-refractivity contribution >= 4 is 59.3 Å². The van der Waals surface area contributed by atoms with E-state index in [0.717, 1.165) is 30.4 Å². The number of aliphatic carboxylic acids is 1. The Hall–Kier alpha value is -6.76. The molecule has 2 fully saturated rings. The predicted octanol–water partition coefficient (Wildman–Crippen LogP) is -3.98. The molecule has 20 N–H and O–H groups in total. The highest BCUT2D eigenvalue weighted by Gasteiger charge is 2.51. The number of nitrogens with one attached hydrogen (secondary N) is 4. The summed E-state index contributed by atoms with van der Waals surface area (Å²) in [4.78, 5) is 110. The molecule has 1 aliphatic carbocycles. The summed E-state index contributed by atoms with van der Waals surface area (Å²) in [5.74, 6) is -5.15. The van der Waals surface area contributed by atoms with Crippen LogP contribution in [0.25, 0.3) is 0 Å². The van der Waals surface area contributed by atoms with Gasteiger partial charge in [0.15, 0.2) is 17.9 Å². The van der Waals surface area contributed by atoms with Crippen molar-refractivity contribution in [2.45, 2.75) is 139 Å². The molecular weight excluding hydrogens is 897 g/mol. The highest BCUT2D eigenvalue weighted by molar-refractivity contribution is 5.96. The molecule has 2 heterocycles. The zero-order valence-corrected chi connectivity index (χ0v) is 39.1. The first kappa shape index (κ1) is 54.8. The number of aliphatic hydroxyl groups excluding tert-OH is 1. The normalized spacial score (nSPS) is 20.0. The van der Waals surface area contributed by atoms with Crippen LogP contribution < -0.4 is 61.4 Å². The average molecular weight is 969 g/mol. The Labute approximate surface area is 401 Å². The number of carbonyl (C=O) groups is 7. The minimum absolute atomic E-state index is 0.00618. The Balaban J connectivity index is 1.43. The van der Waals surface area contributed by atoms with Crippen molar-refractivity contribution in [2.75, 3.05) is 32.8 Å². The number of nitrogens with zero attached hydrogens (tertiary/aromatic N) is 5. The summed E-state index contributed by atoms with van der Waals surface area (Å²) >= 11 is 0. The van der Waals surface area contributed by atoms with Crippen molar-refractivity contribution in [2.24, 2.45) is 61.0 Å². The monoisotopic (exact) mass is 969 g/mol. The summed E-state index contributed by atoms with van der Waals surface area (Å²) < 4.78 is 0. The molecule has 1 aromatic carbocycles. The largest absolute Gasteiger partial charge is 0.480 e. The molecule has 1 aromatic rings. The van der Waals surface area contributed by atoms with Crippen molar-refractivity contribution in [1.82, 2.24) is 31.1 Å². The summed E-state index contributed by atoms with van der Waals surface area (Å²) in [6.07, 6.45) is 4.98. The van der Waals surface area contributed by atoms with Gasteiger partial charge in [-0.05, 0) is 81.3 Å². The number of carboxylic acids is 1. The first-order valence-corrected chi connectivity index (χ1v) is 23.5. The number of aliphatic hydroxyl groups is 1. The van der Waals surface area contributed by atoms with Gasteiger partial charge in [-0.1, -0.05) is 37.1 Å². The molecule has 1 saturated heterocycles. The highest BCUT2D eigenvalue weighted by atomic mass is 16.4. The summed E-state index contributed by atoms with van der Waals surface area (Å²) in [5, 5.41) is 31.1. The van der Waals surface area contributed by atoms with Crippen molar-refractivity contribution < 1.29 is 43.8 Å². The number of likely N-dealkylation sites (tertiary alicyclic amines) is 1. The second kappa shape index (κ2) is 27.3. The van der Waals surface area contributed by atoms with Crippen LogP contribution in [-0.2, 0) is 46.5 Å². The van der Waals surface area contributed by atoms with Crippen molar-refractivity contribution in [3.05, 3.63) is 35.4 Å². The number of aliphatic imine (C=N–C) groups is 3. The lowest BCUT2D eigenvalue weighted by Gasteiger charge is -2.42. The minimum atomic E-state index is -1.45. The zero-order valence-electron chi connectivity index (χ0n) is 39.1. The van der Waals surface area contributed by atoms with Gasteiger partial charge in [0.2, 0.25) is 35.4 Å². The molecule has 0 spiro atoms. The van der Waals surface area contributed by atoms with Crippen molar-refractivity contribution in [1.29, 1.82) is 0 Å². The number of carbonyl (C=O) groups excluding carboxylic acids is 6. The minimum Gasteiger partial charge on any atom is -0.480 e. The van der Waals surface area contributed by atoms with Gasteiger partial charge in [-0.3, -0.25) is 43.7 Å². The zero-order chi connectivity index (χ0) is 50.6. The number of rotatable bonds is 26. The van der Waals surface area contributed by atoms with Gasteiger partial charge >= 0.3 is 5.97 Å². The maximum Gasteiger partial charge on any atom is 0.326 e. The molecule has 0 aromatic heterocycles. The topological polar surface area (TPSA) is 434 Å². The summed E-state index contributed by atoms with van der Waals surface area (Å²) in [6, 6.07) is 0.191. The van der Waals surface area contributed by atoms with Crippen LogP contribution in [0, 0.1) is 5.92 Å². The molecule has 3 aliphatic rings. The third-order valence-corrected chi connectivity index (χ3v) is 12.6. The van der Waals surface area contributed by atoms with Gasteiger partial charge < -0.3 is 81.4 Å². The Morgan fingerprint density at radius 2 is 1.30 bits per heavy atom. The van der Waals surface area contributed by atoms with E-state index in [1.165, 1.54) is 4.90 Å². The van der Waals surface area contributed by atoms with Gasteiger partial charge in [0.1, 0.15) is 30.2 Å². The first-order valence-electron chi connectivity index (χ1n) is 23.5. The molecule has 0 radical (unpaired) electrons. The van der Waals surface area contributed by atoms with Crippen molar-refractivity contribution in [3.63, 3.8) is 0 Å². The molecule has 4 rings (SSSR count). The SMILES string of the molecule is NC(N)=NCCC[C@@H](N)C(=O)N[C@@H](CCCN=C(N)N)C(=O)NCCCC(=O)N[C@@H](CO)C(=O)N1Cc2ccccc2C[C@@H]1C(=O)N1[C@H](C(=O)N[C@@H](CCCN=C(N)N)C(=O)O)C[C@@H]2CCCC[C@@H]21. The van der Waals surface area contributed by atoms with Crippen LogP contribution in [0.2, 0.25) is 0 Å². The number of benzene rings is 1. The van der Waals surface area contributed by atoms with Crippen LogP contribution in [0.4, 0.5) is 0 Å². The van der Waals surface area contributed by atoms with E-state index in [2.05, 4.69) is 36.2 Å². The molecule has 8 atom stereocenters. The first-order chi connectivity index (χ1) is 32.9. The van der Waals surface area contributed by atoms with Crippen LogP contribution in [0.15, 0.2) is 39.2 Å². The molecule has 2 aliphatic heterocycles. The van der Waals surface area contributed by atoms with Gasteiger partial charge in [0.05, 0.1) is 12.6 Å². The van der Waals surface area contributed by atoms with Gasteiger partial charge in [-0.25, -0.2) is 4.79 Å². The smallest absolute Gasteiger partial charge is 0.326 e. The maximum absolute atomic E-state index is 15.0. The lowest BCUT2D eigenvalue weighted by molar-refractivity contribution is -0.153. The molecule has 25 heteroatoms. The fraction of sp³-hybridized carbons (Fsp3) is 0.636. The molecule has 0 unspecified atom stereocenters. The van der Waals surface area contributed by atoms with Gasteiger partial charge in [0.25, 0.3) is 0 Å². The predicted molar refractivity (Wildman–Crippen MR) is 256 cm³/mol. The quantitative estimate of drug-likeness (QED) is 0.0239. The molecule has 382 valence electrons. The molecular formula is C44H72N16O9. The number of hydrogen-bond acceptors (Lipinski definition) is 12. The molecule has 1 saturated carbocycles. The van der Waals surface area contributed by atoms with E-state index in [4.69, 9.17) is 40.1 Å². The number of carboxylic acid groups (broad SMARTS) is 1. The third-order valence-electron chi connectivity index (χ3n) is 12.6. The lowest BCUT2D eigenvalue weighted by atomic mass is 9.84. The number of guanidine groups is 3. The van der Waals surface area contributed by atoms with E-state index in [9.17, 15) is 39.0 Å². The van der Waals surface area contributed by atoms with E-state index in [0.29, 0.717) is 25.7 Å². The highest BCUT2D eigenvalue weighted by Crippen LogP contribution is 2.41. The Bertz CT molecular complexity index is 2040. The second-order valence-electron chi connectivity index (χ2n) is 17.7. The number of amides is 6. The average Bonchev–Trinajstić information content (AvgIpc) is 3.71. The summed E-state index contributed by atoms with van der Waals surface area (Å²) in [7, 11) is 0. The summed E-state index contributed by atoms with van der Waals surface area (Å²) in [6.45, 7) is -0.176. The Kier molecular flexibility index (Phi) is 21.7. The Morgan fingerprint density at radius 1 is 0.710 bits per heavy atom. The van der Waals surface area contributed by atoms with E-state index >= 15 is 4.79 Å². The van der Waals surface area contributed by atoms with Gasteiger partial charge in [0, 0.05) is 51.6 Å². The van der Waals surface area contributed by atoms with Crippen LogP contribution in [0.1, 0.15) is 94.6 Å². The number of fused-ring (bicyclic) bond motifs is 2. The van der Waals surface area contributed by atoms with Crippen LogP contribution in [0.5, 0.6) is 0 Å². The molecule has 0 bridgehead atoms. The van der Waals surface area contributed by atoms with E-state index in [1.807, 2.05) is 18.2 Å². The van der Waals surface area contributed by atoms with Crippen LogP contribution in [0.3, 0.4) is 0 Å². The fourth-order valence-electron chi connectivity index (χ4n) is 9.12. The van der Waals surface area contributed by atoms with E-state index < -0.39 is 84.3 Å². The second-order valence-corrected chi connectivity index (χ2v) is 17.7. The lowest BCUT2D eigenvalue weighted by Crippen LogP contribution is -2.62. The third kappa shape index (κ3) is 16.8. The van der Waals surface area contributed by atoms with Gasteiger partial charge in [-0.15, -0.1) is 0 Å². The molecule has 69 heavy (non-hydrogen) atoms. The van der Waals surface area contributed by atoms with Crippen LogP contribution in [-0.4, -0.2) is 154 Å². The number of nitrogens with two attached hydrogens (primary N) is 7.